The van der Waals surface area contributed by atoms with E-state index in [0.717, 1.165) is 5.56 Å². The van der Waals surface area contributed by atoms with Crippen LogP contribution in [0.25, 0.3) is 10.9 Å². The van der Waals surface area contributed by atoms with E-state index in [9.17, 15) is 19.5 Å². The molecule has 1 amide bonds. The number of benzene rings is 3. The van der Waals surface area contributed by atoms with Crippen molar-refractivity contribution in [1.29, 1.82) is 0 Å². The first-order valence-electron chi connectivity index (χ1n) is 11.0. The molecule has 3 N–H and O–H groups in total. The second-order valence-electron chi connectivity index (χ2n) is 8.15. The van der Waals surface area contributed by atoms with E-state index in [1.807, 2.05) is 59.2 Å². The number of amides is 1. The number of carbonyl (C=O) groups excluding carboxylic acids is 2. The largest absolute Gasteiger partial charge is 0.481 e. The van der Waals surface area contributed by atoms with Crippen molar-refractivity contribution in [3.8, 4) is 11.5 Å². The first-order valence-corrected chi connectivity index (χ1v) is 11.0. The zero-order chi connectivity index (χ0) is 24.5. The molecule has 0 bridgehead atoms. The molecular formula is C27H21N3O5. The number of primary amides is 1. The summed E-state index contributed by atoms with van der Waals surface area (Å²) in [6, 6.07) is 21.8. The monoisotopic (exact) mass is 467 g/mol. The van der Waals surface area contributed by atoms with Crippen molar-refractivity contribution >= 4 is 34.3 Å². The highest BCUT2D eigenvalue weighted by Gasteiger charge is 2.32. The van der Waals surface area contributed by atoms with Gasteiger partial charge in [0.05, 0.1) is 35.5 Å². The predicted octanol–water partition coefficient (Wildman–Crippen LogP) is 4.04. The molecule has 174 valence electrons. The second-order valence-corrected chi connectivity index (χ2v) is 8.15. The van der Waals surface area contributed by atoms with E-state index < -0.39 is 11.9 Å². The Morgan fingerprint density at radius 3 is 2.49 bits per heavy atom. The quantitative estimate of drug-likeness (QED) is 0.424. The first-order chi connectivity index (χ1) is 16.9. The third kappa shape index (κ3) is 4.06. The average molecular weight is 467 g/mol. The lowest BCUT2D eigenvalue weighted by Crippen LogP contribution is -2.24. The van der Waals surface area contributed by atoms with E-state index in [4.69, 9.17) is 10.5 Å². The highest BCUT2D eigenvalue weighted by atomic mass is 16.5. The summed E-state index contributed by atoms with van der Waals surface area (Å²) in [6.07, 6.45) is -0.356. The van der Waals surface area contributed by atoms with Gasteiger partial charge in [0, 0.05) is 16.5 Å². The minimum Gasteiger partial charge on any atom is -0.481 e. The summed E-state index contributed by atoms with van der Waals surface area (Å²) in [5, 5.41) is 9.91. The van der Waals surface area contributed by atoms with Crippen LogP contribution in [-0.4, -0.2) is 39.6 Å². The number of rotatable bonds is 7. The van der Waals surface area contributed by atoms with Crippen LogP contribution in [0.5, 0.6) is 11.5 Å². The topological polar surface area (TPSA) is 124 Å². The van der Waals surface area contributed by atoms with Crippen LogP contribution in [0, 0.1) is 0 Å². The summed E-state index contributed by atoms with van der Waals surface area (Å²) in [6.45, 7) is 0.0680. The van der Waals surface area contributed by atoms with Gasteiger partial charge >= 0.3 is 5.97 Å². The number of hydrogen-bond acceptors (Lipinski definition) is 5. The molecule has 1 aliphatic heterocycles. The van der Waals surface area contributed by atoms with Gasteiger partial charge in [-0.05, 0) is 30.3 Å². The van der Waals surface area contributed by atoms with Crippen molar-refractivity contribution in [3.05, 3.63) is 95.2 Å². The molecule has 0 saturated carbocycles. The molecule has 0 unspecified atom stereocenters. The SMILES string of the molecule is NC(=O)c1cccc2c1c1c(n2Cc2ccccc2Oc2ccccc2)C(CC(=O)O)=NCC1=O. The molecule has 0 radical (unpaired) electrons. The molecule has 0 atom stereocenters. The van der Waals surface area contributed by atoms with Crippen LogP contribution >= 0.6 is 0 Å². The molecule has 0 fully saturated rings. The highest BCUT2D eigenvalue weighted by Crippen LogP contribution is 2.35. The van der Waals surface area contributed by atoms with Crippen molar-refractivity contribution < 1.29 is 24.2 Å². The van der Waals surface area contributed by atoms with Gasteiger partial charge in [-0.25, -0.2) is 0 Å². The first kappa shape index (κ1) is 22.1. The van der Waals surface area contributed by atoms with E-state index in [-0.39, 0.29) is 42.1 Å². The predicted molar refractivity (Wildman–Crippen MR) is 131 cm³/mol. The van der Waals surface area contributed by atoms with Gasteiger partial charge in [-0.1, -0.05) is 42.5 Å². The van der Waals surface area contributed by atoms with Crippen LogP contribution in [0.2, 0.25) is 0 Å². The molecular weight excluding hydrogens is 446 g/mol. The number of fused-ring (bicyclic) bond motifs is 3. The van der Waals surface area contributed by atoms with Gasteiger partial charge in [0.25, 0.3) is 0 Å². The van der Waals surface area contributed by atoms with Gasteiger partial charge in [-0.3, -0.25) is 19.4 Å². The van der Waals surface area contributed by atoms with Gasteiger partial charge in [-0.2, -0.15) is 0 Å². The number of carbonyl (C=O) groups is 3. The van der Waals surface area contributed by atoms with Gasteiger partial charge in [0.1, 0.15) is 18.0 Å². The maximum Gasteiger partial charge on any atom is 0.309 e. The summed E-state index contributed by atoms with van der Waals surface area (Å²) >= 11 is 0. The summed E-state index contributed by atoms with van der Waals surface area (Å²) in [4.78, 5) is 41.2. The van der Waals surface area contributed by atoms with Crippen LogP contribution in [-0.2, 0) is 11.3 Å². The van der Waals surface area contributed by atoms with E-state index in [1.165, 1.54) is 0 Å². The number of Topliss-reactive ketones (excluding diaryl/α,β-unsaturated/α-hetero) is 1. The van der Waals surface area contributed by atoms with Crippen molar-refractivity contribution in [3.63, 3.8) is 0 Å². The Balaban J connectivity index is 1.72. The number of aromatic nitrogens is 1. The Morgan fingerprint density at radius 2 is 1.74 bits per heavy atom. The number of aliphatic imine (C=N–C) groups is 1. The minimum absolute atomic E-state index is 0.185. The third-order valence-electron chi connectivity index (χ3n) is 5.91. The van der Waals surface area contributed by atoms with E-state index in [2.05, 4.69) is 4.99 Å². The Kier molecular flexibility index (Phi) is 5.62. The molecule has 0 spiro atoms. The molecule has 5 rings (SSSR count). The van der Waals surface area contributed by atoms with Crippen LogP contribution in [0.1, 0.15) is 38.4 Å². The Hall–Kier alpha value is -4.72. The van der Waals surface area contributed by atoms with Gasteiger partial charge in [-0.15, -0.1) is 0 Å². The third-order valence-corrected chi connectivity index (χ3v) is 5.91. The summed E-state index contributed by atoms with van der Waals surface area (Å²) in [7, 11) is 0. The molecule has 1 aromatic heterocycles. The summed E-state index contributed by atoms with van der Waals surface area (Å²) in [5.41, 5.74) is 8.19. The standard InChI is InChI=1S/C27H21N3O5/c28-27(34)18-10-6-11-20-24(18)25-21(31)14-29-19(13-23(32)33)26(25)30(20)15-16-7-4-5-12-22(16)35-17-8-2-1-3-9-17/h1-12H,13-15H2,(H2,28,34)(H,32,33). The molecule has 0 saturated heterocycles. The number of carboxylic acids is 1. The molecule has 0 aliphatic carbocycles. The van der Waals surface area contributed by atoms with E-state index in [1.54, 1.807) is 18.2 Å². The number of carboxylic acid groups (broad SMARTS) is 1. The molecule has 3 aromatic carbocycles. The number of ketones is 1. The number of nitrogens with two attached hydrogens (primary N) is 1. The lowest BCUT2D eigenvalue weighted by molar-refractivity contribution is -0.135. The fourth-order valence-electron chi connectivity index (χ4n) is 4.47. The normalized spacial score (nSPS) is 12.8. The molecule has 2 heterocycles. The highest BCUT2D eigenvalue weighted by molar-refractivity contribution is 6.26. The average Bonchev–Trinajstić information content (AvgIpc) is 3.18. The number of ether oxygens (including phenoxy) is 1. The Bertz CT molecular complexity index is 1520. The molecule has 8 heteroatoms. The van der Waals surface area contributed by atoms with Crippen molar-refractivity contribution in [2.75, 3.05) is 6.54 Å². The van der Waals surface area contributed by atoms with Gasteiger partial charge < -0.3 is 20.1 Å². The van der Waals surface area contributed by atoms with Crippen LogP contribution in [0.3, 0.4) is 0 Å². The van der Waals surface area contributed by atoms with E-state index >= 15 is 0 Å². The zero-order valence-electron chi connectivity index (χ0n) is 18.6. The fourth-order valence-corrected chi connectivity index (χ4v) is 4.47. The Morgan fingerprint density at radius 1 is 1.00 bits per heavy atom. The molecule has 35 heavy (non-hydrogen) atoms. The van der Waals surface area contributed by atoms with Gasteiger partial charge in [0.15, 0.2) is 5.78 Å². The zero-order valence-corrected chi connectivity index (χ0v) is 18.6. The second kappa shape index (κ2) is 8.90. The van der Waals surface area contributed by atoms with Crippen molar-refractivity contribution in [2.24, 2.45) is 10.7 Å². The van der Waals surface area contributed by atoms with Crippen LogP contribution < -0.4 is 10.5 Å². The minimum atomic E-state index is -1.07. The number of hydrogen-bond donors (Lipinski definition) is 2. The summed E-state index contributed by atoms with van der Waals surface area (Å²) in [5.74, 6) is -0.750. The maximum atomic E-state index is 13.0. The van der Waals surface area contributed by atoms with E-state index in [0.29, 0.717) is 28.1 Å². The maximum absolute atomic E-state index is 13.0. The van der Waals surface area contributed by atoms with Gasteiger partial charge in [0.2, 0.25) is 5.91 Å². The summed E-state index contributed by atoms with van der Waals surface area (Å²) < 4.78 is 7.93. The molecule has 1 aliphatic rings. The van der Waals surface area contributed by atoms with Crippen molar-refractivity contribution in [1.82, 2.24) is 4.57 Å². The molecule has 4 aromatic rings. The number of aliphatic carboxylic acids is 1. The van der Waals surface area contributed by atoms with Crippen LogP contribution in [0.15, 0.2) is 77.8 Å². The number of para-hydroxylation sites is 2. The number of nitrogens with zero attached hydrogens (tertiary/aromatic N) is 2. The molecule has 8 nitrogen and oxygen atoms in total. The smallest absolute Gasteiger partial charge is 0.309 e. The lowest BCUT2D eigenvalue weighted by atomic mass is 9.96. The lowest BCUT2D eigenvalue weighted by Gasteiger charge is -2.18. The fraction of sp³-hybridized carbons (Fsp3) is 0.111. The van der Waals surface area contributed by atoms with Crippen molar-refractivity contribution in [2.45, 2.75) is 13.0 Å². The van der Waals surface area contributed by atoms with Crippen LogP contribution in [0.4, 0.5) is 0 Å². The Labute approximate surface area is 200 Å².